The Morgan fingerprint density at radius 3 is 2.79 bits per heavy atom. The Labute approximate surface area is 79.1 Å². The van der Waals surface area contributed by atoms with Gasteiger partial charge >= 0.3 is 0 Å². The van der Waals surface area contributed by atoms with Gasteiger partial charge in [-0.15, -0.1) is 0 Å². The van der Waals surface area contributed by atoms with Crippen LogP contribution in [0.4, 0.5) is 11.5 Å². The Hall–Kier alpha value is -2.18. The first-order chi connectivity index (χ1) is 6.56. The molecule has 1 heterocycles. The quantitative estimate of drug-likeness (QED) is 0.527. The highest BCUT2D eigenvalue weighted by Crippen LogP contribution is 2.17. The van der Waals surface area contributed by atoms with Gasteiger partial charge < -0.3 is 11.1 Å². The summed E-state index contributed by atoms with van der Waals surface area (Å²) in [5, 5.41) is 13.0. The number of nitrogens with zero attached hydrogens (tertiary/aromatic N) is 2. The van der Waals surface area contributed by atoms with E-state index in [0.29, 0.717) is 0 Å². The molecular weight excluding hydrogens is 188 g/mol. The monoisotopic (exact) mass is 196 g/mol. The van der Waals surface area contributed by atoms with E-state index in [1.807, 2.05) is 0 Å². The molecule has 0 atom stereocenters. The van der Waals surface area contributed by atoms with E-state index in [-0.39, 0.29) is 17.1 Å². The largest absolute Gasteiger partial charge is 0.372 e. The normalized spacial score (nSPS) is 9.50. The second-order valence-corrected chi connectivity index (χ2v) is 2.46. The molecule has 1 rings (SSSR count). The highest BCUT2D eigenvalue weighted by atomic mass is 16.6. The zero-order valence-electron chi connectivity index (χ0n) is 7.35. The summed E-state index contributed by atoms with van der Waals surface area (Å²) in [5.41, 5.74) is 4.75. The average molecular weight is 196 g/mol. The van der Waals surface area contributed by atoms with Gasteiger partial charge in [0.25, 0.3) is 11.6 Å². The van der Waals surface area contributed by atoms with Gasteiger partial charge in [0.1, 0.15) is 12.0 Å². The van der Waals surface area contributed by atoms with Crippen molar-refractivity contribution in [3.8, 4) is 0 Å². The van der Waals surface area contributed by atoms with E-state index >= 15 is 0 Å². The molecule has 0 bridgehead atoms. The van der Waals surface area contributed by atoms with Gasteiger partial charge in [0.15, 0.2) is 0 Å². The highest BCUT2D eigenvalue weighted by molar-refractivity contribution is 5.98. The van der Waals surface area contributed by atoms with Crippen LogP contribution in [-0.2, 0) is 0 Å². The number of anilines is 1. The smallest absolute Gasteiger partial charge is 0.288 e. The number of hydrogen-bond acceptors (Lipinski definition) is 5. The number of aromatic nitrogens is 1. The van der Waals surface area contributed by atoms with Gasteiger partial charge in [-0.05, 0) is 0 Å². The molecule has 74 valence electrons. The van der Waals surface area contributed by atoms with E-state index in [1.165, 1.54) is 0 Å². The van der Waals surface area contributed by atoms with E-state index < -0.39 is 10.8 Å². The number of nitrogens with two attached hydrogens (primary N) is 1. The maximum absolute atomic E-state index is 10.9. The van der Waals surface area contributed by atoms with Gasteiger partial charge in [-0.3, -0.25) is 14.9 Å². The SMILES string of the molecule is CNc1ncc([N+](=O)[O-])cc1C(N)=O. The standard InChI is InChI=1S/C7H8N4O3/c1-9-7-5(6(8)12)2-4(3-10-7)11(13)14/h2-3H,1H3,(H2,8,12)(H,9,10). The summed E-state index contributed by atoms with van der Waals surface area (Å²) < 4.78 is 0. The van der Waals surface area contributed by atoms with Gasteiger partial charge in [0.05, 0.1) is 10.5 Å². The second-order valence-electron chi connectivity index (χ2n) is 2.46. The molecule has 1 aromatic heterocycles. The van der Waals surface area contributed by atoms with Crippen LogP contribution < -0.4 is 11.1 Å². The zero-order valence-corrected chi connectivity index (χ0v) is 7.35. The molecular formula is C7H8N4O3. The van der Waals surface area contributed by atoms with E-state index in [1.54, 1.807) is 7.05 Å². The van der Waals surface area contributed by atoms with Crippen molar-refractivity contribution in [3.63, 3.8) is 0 Å². The van der Waals surface area contributed by atoms with Gasteiger partial charge in [0.2, 0.25) is 0 Å². The third kappa shape index (κ3) is 1.76. The number of nitrogens with one attached hydrogen (secondary N) is 1. The molecule has 0 fully saturated rings. The summed E-state index contributed by atoms with van der Waals surface area (Å²) in [7, 11) is 1.54. The van der Waals surface area contributed by atoms with Crippen molar-refractivity contribution < 1.29 is 9.72 Å². The predicted octanol–water partition coefficient (Wildman–Crippen LogP) is 0.130. The van der Waals surface area contributed by atoms with E-state index in [4.69, 9.17) is 5.73 Å². The molecule has 0 aliphatic heterocycles. The third-order valence-corrected chi connectivity index (χ3v) is 1.59. The van der Waals surface area contributed by atoms with Crippen molar-refractivity contribution in [1.29, 1.82) is 0 Å². The van der Waals surface area contributed by atoms with Gasteiger partial charge in [-0.25, -0.2) is 4.98 Å². The Kier molecular flexibility index (Phi) is 2.61. The van der Waals surface area contributed by atoms with Crippen molar-refractivity contribution in [2.24, 2.45) is 5.73 Å². The zero-order chi connectivity index (χ0) is 10.7. The maximum Gasteiger partial charge on any atom is 0.288 e. The number of pyridine rings is 1. The van der Waals surface area contributed by atoms with Crippen LogP contribution in [0.25, 0.3) is 0 Å². The van der Waals surface area contributed by atoms with Gasteiger partial charge in [-0.1, -0.05) is 0 Å². The Morgan fingerprint density at radius 1 is 1.71 bits per heavy atom. The number of nitro groups is 1. The summed E-state index contributed by atoms with van der Waals surface area (Å²) in [4.78, 5) is 24.3. The number of carbonyl (C=O) groups is 1. The molecule has 1 amide bonds. The van der Waals surface area contributed by atoms with Crippen LogP contribution in [-0.4, -0.2) is 22.9 Å². The molecule has 3 N–H and O–H groups in total. The molecule has 14 heavy (non-hydrogen) atoms. The Balaban J connectivity index is 3.27. The first-order valence-electron chi connectivity index (χ1n) is 3.68. The van der Waals surface area contributed by atoms with E-state index in [0.717, 1.165) is 12.3 Å². The third-order valence-electron chi connectivity index (χ3n) is 1.59. The lowest BCUT2D eigenvalue weighted by atomic mass is 10.2. The van der Waals surface area contributed by atoms with Gasteiger partial charge in [-0.2, -0.15) is 0 Å². The molecule has 0 aliphatic carbocycles. The number of rotatable bonds is 3. The minimum Gasteiger partial charge on any atom is -0.372 e. The van der Waals surface area contributed by atoms with Crippen molar-refractivity contribution in [1.82, 2.24) is 4.98 Å². The second kappa shape index (κ2) is 3.69. The minimum atomic E-state index is -0.759. The van der Waals surface area contributed by atoms with Crippen LogP contribution in [0.1, 0.15) is 10.4 Å². The number of carbonyl (C=O) groups excluding carboxylic acids is 1. The Morgan fingerprint density at radius 2 is 2.36 bits per heavy atom. The molecule has 1 aromatic rings. The molecule has 0 saturated carbocycles. The lowest BCUT2D eigenvalue weighted by molar-refractivity contribution is -0.385. The predicted molar refractivity (Wildman–Crippen MR) is 49.0 cm³/mol. The number of hydrogen-bond donors (Lipinski definition) is 2. The minimum absolute atomic E-state index is 0.00157. The fourth-order valence-electron chi connectivity index (χ4n) is 0.941. The van der Waals surface area contributed by atoms with Crippen LogP contribution in [0.2, 0.25) is 0 Å². The van der Waals surface area contributed by atoms with E-state index in [2.05, 4.69) is 10.3 Å². The number of primary amides is 1. The van der Waals surface area contributed by atoms with E-state index in [9.17, 15) is 14.9 Å². The molecule has 0 spiro atoms. The van der Waals surface area contributed by atoms with Crippen LogP contribution in [0, 0.1) is 10.1 Å². The fraction of sp³-hybridized carbons (Fsp3) is 0.143. The van der Waals surface area contributed by atoms with Crippen molar-refractivity contribution in [3.05, 3.63) is 27.9 Å². The van der Waals surface area contributed by atoms with Crippen LogP contribution in [0.15, 0.2) is 12.3 Å². The molecule has 7 nitrogen and oxygen atoms in total. The molecule has 0 aromatic carbocycles. The summed E-state index contributed by atoms with van der Waals surface area (Å²) in [6.45, 7) is 0. The molecule has 0 saturated heterocycles. The summed E-state index contributed by atoms with van der Waals surface area (Å²) in [5.74, 6) is -0.534. The van der Waals surface area contributed by atoms with Crippen molar-refractivity contribution in [2.75, 3.05) is 12.4 Å². The molecule has 0 aliphatic rings. The first kappa shape index (κ1) is 9.90. The molecule has 0 unspecified atom stereocenters. The summed E-state index contributed by atoms with van der Waals surface area (Å²) >= 11 is 0. The van der Waals surface area contributed by atoms with Crippen LogP contribution >= 0.6 is 0 Å². The maximum atomic E-state index is 10.9. The lowest BCUT2D eigenvalue weighted by Gasteiger charge is -2.03. The molecule has 0 radical (unpaired) electrons. The van der Waals surface area contributed by atoms with Crippen LogP contribution in [0.3, 0.4) is 0 Å². The Bertz CT molecular complexity index is 391. The highest BCUT2D eigenvalue weighted by Gasteiger charge is 2.14. The lowest BCUT2D eigenvalue weighted by Crippen LogP contribution is -2.14. The van der Waals surface area contributed by atoms with Gasteiger partial charge in [0, 0.05) is 13.1 Å². The first-order valence-corrected chi connectivity index (χ1v) is 3.68. The average Bonchev–Trinajstić information content (AvgIpc) is 2.16. The fourth-order valence-corrected chi connectivity index (χ4v) is 0.941. The van der Waals surface area contributed by atoms with Crippen molar-refractivity contribution in [2.45, 2.75) is 0 Å². The van der Waals surface area contributed by atoms with Crippen LogP contribution in [0.5, 0.6) is 0 Å². The summed E-state index contributed by atoms with van der Waals surface area (Å²) in [6, 6.07) is 1.08. The van der Waals surface area contributed by atoms with Crippen molar-refractivity contribution >= 4 is 17.4 Å². The topological polar surface area (TPSA) is 111 Å². The number of amides is 1. The summed E-state index contributed by atoms with van der Waals surface area (Å²) in [6.07, 6.45) is 1.05. The molecule has 7 heteroatoms.